The lowest BCUT2D eigenvalue weighted by molar-refractivity contribution is -0.136. The molecule has 6 nitrogen and oxygen atoms in total. The van der Waals surface area contributed by atoms with Crippen LogP contribution in [0, 0.1) is 5.92 Å². The van der Waals surface area contributed by atoms with Gasteiger partial charge in [-0.05, 0) is 37.1 Å². The molecular weight excluding hydrogens is 344 g/mol. The highest BCUT2D eigenvalue weighted by Gasteiger charge is 2.27. The fraction of sp³-hybridized carbons (Fsp3) is 0.333. The molecule has 142 valence electrons. The number of anilines is 1. The van der Waals surface area contributed by atoms with Crippen LogP contribution in [0.25, 0.3) is 0 Å². The van der Waals surface area contributed by atoms with E-state index in [-0.39, 0.29) is 24.3 Å². The Bertz CT molecular complexity index is 771. The lowest BCUT2D eigenvalue weighted by atomic mass is 9.95. The zero-order chi connectivity index (χ0) is 19.1. The second-order valence-corrected chi connectivity index (χ2v) is 6.48. The number of hydrogen-bond acceptors (Lipinski definition) is 4. The number of para-hydroxylation sites is 1. The van der Waals surface area contributed by atoms with Crippen molar-refractivity contribution in [1.82, 2.24) is 4.90 Å². The Kier molecular flexibility index (Phi) is 6.30. The number of carbonyl (C=O) groups excluding carboxylic acids is 2. The maximum atomic E-state index is 12.5. The molecule has 2 amide bonds. The Morgan fingerprint density at radius 1 is 1.04 bits per heavy atom. The van der Waals surface area contributed by atoms with Crippen LogP contribution >= 0.6 is 0 Å². The van der Waals surface area contributed by atoms with Gasteiger partial charge in [0.05, 0.1) is 7.11 Å². The van der Waals surface area contributed by atoms with Crippen molar-refractivity contribution in [1.29, 1.82) is 0 Å². The number of carbonyl (C=O) groups is 2. The molecular formula is C21H24N2O4. The van der Waals surface area contributed by atoms with Crippen molar-refractivity contribution >= 4 is 17.5 Å². The quantitative estimate of drug-likeness (QED) is 0.851. The van der Waals surface area contributed by atoms with E-state index in [1.54, 1.807) is 18.1 Å². The van der Waals surface area contributed by atoms with E-state index >= 15 is 0 Å². The third-order valence-electron chi connectivity index (χ3n) is 4.66. The SMILES string of the molecule is COc1cccc(NC(=O)C2CCN(C(=O)COc3ccccc3)CC2)c1. The second kappa shape index (κ2) is 9.07. The first kappa shape index (κ1) is 18.8. The summed E-state index contributed by atoms with van der Waals surface area (Å²) in [6, 6.07) is 16.6. The minimum absolute atomic E-state index is 0.0177. The van der Waals surface area contributed by atoms with Crippen molar-refractivity contribution in [3.05, 3.63) is 54.6 Å². The Balaban J connectivity index is 1.45. The van der Waals surface area contributed by atoms with Crippen molar-refractivity contribution in [3.63, 3.8) is 0 Å². The topological polar surface area (TPSA) is 67.9 Å². The summed E-state index contributed by atoms with van der Waals surface area (Å²) in [6.45, 7) is 1.14. The summed E-state index contributed by atoms with van der Waals surface area (Å²) in [7, 11) is 1.59. The van der Waals surface area contributed by atoms with E-state index in [2.05, 4.69) is 5.32 Å². The van der Waals surface area contributed by atoms with E-state index in [0.29, 0.717) is 43.1 Å². The summed E-state index contributed by atoms with van der Waals surface area (Å²) < 4.78 is 10.7. The summed E-state index contributed by atoms with van der Waals surface area (Å²) in [5, 5.41) is 2.93. The van der Waals surface area contributed by atoms with Gasteiger partial charge in [0, 0.05) is 30.8 Å². The molecule has 2 aromatic carbocycles. The van der Waals surface area contributed by atoms with Gasteiger partial charge in [-0.25, -0.2) is 0 Å². The summed E-state index contributed by atoms with van der Waals surface area (Å²) in [5.41, 5.74) is 0.717. The van der Waals surface area contributed by atoms with Crippen molar-refractivity contribution in [2.75, 3.05) is 32.1 Å². The van der Waals surface area contributed by atoms with Crippen LogP contribution in [0.5, 0.6) is 11.5 Å². The fourth-order valence-electron chi connectivity index (χ4n) is 3.09. The van der Waals surface area contributed by atoms with E-state index < -0.39 is 0 Å². The second-order valence-electron chi connectivity index (χ2n) is 6.48. The third kappa shape index (κ3) is 5.23. The van der Waals surface area contributed by atoms with Gasteiger partial charge in [-0.15, -0.1) is 0 Å². The molecule has 1 N–H and O–H groups in total. The van der Waals surface area contributed by atoms with Gasteiger partial charge in [0.25, 0.3) is 5.91 Å². The van der Waals surface area contributed by atoms with Gasteiger partial charge in [-0.2, -0.15) is 0 Å². The first-order valence-electron chi connectivity index (χ1n) is 9.06. The van der Waals surface area contributed by atoms with Crippen molar-refractivity contribution in [2.24, 2.45) is 5.92 Å². The number of piperidine rings is 1. The van der Waals surface area contributed by atoms with Crippen LogP contribution < -0.4 is 14.8 Å². The Morgan fingerprint density at radius 3 is 2.44 bits per heavy atom. The van der Waals surface area contributed by atoms with E-state index in [9.17, 15) is 9.59 Å². The van der Waals surface area contributed by atoms with Crippen LogP contribution in [0.15, 0.2) is 54.6 Å². The third-order valence-corrected chi connectivity index (χ3v) is 4.66. The molecule has 1 heterocycles. The molecule has 0 saturated carbocycles. The molecule has 1 aliphatic rings. The lowest BCUT2D eigenvalue weighted by Crippen LogP contribution is -2.43. The number of hydrogen-bond donors (Lipinski definition) is 1. The number of nitrogens with zero attached hydrogens (tertiary/aromatic N) is 1. The summed E-state index contributed by atoms with van der Waals surface area (Å²) in [5.74, 6) is 1.21. The lowest BCUT2D eigenvalue weighted by Gasteiger charge is -2.31. The minimum Gasteiger partial charge on any atom is -0.497 e. The average Bonchev–Trinajstić information content (AvgIpc) is 2.73. The summed E-state index contributed by atoms with van der Waals surface area (Å²) >= 11 is 0. The van der Waals surface area contributed by atoms with Crippen molar-refractivity contribution in [2.45, 2.75) is 12.8 Å². The highest BCUT2D eigenvalue weighted by Crippen LogP contribution is 2.22. The molecule has 0 spiro atoms. The number of nitrogens with one attached hydrogen (secondary N) is 1. The number of amides is 2. The van der Waals surface area contributed by atoms with Crippen LogP contribution in [-0.2, 0) is 9.59 Å². The molecule has 1 aliphatic heterocycles. The first-order chi connectivity index (χ1) is 13.2. The molecule has 0 aromatic heterocycles. The highest BCUT2D eigenvalue weighted by molar-refractivity contribution is 5.93. The molecule has 27 heavy (non-hydrogen) atoms. The van der Waals surface area contributed by atoms with Crippen LogP contribution in [0.4, 0.5) is 5.69 Å². The fourth-order valence-corrected chi connectivity index (χ4v) is 3.09. The summed E-state index contributed by atoms with van der Waals surface area (Å²) in [6.07, 6.45) is 1.29. The maximum absolute atomic E-state index is 12.5. The van der Waals surface area contributed by atoms with Crippen LogP contribution in [-0.4, -0.2) is 43.5 Å². The zero-order valence-electron chi connectivity index (χ0n) is 15.4. The number of methoxy groups -OCH3 is 1. The van der Waals surface area contributed by atoms with E-state index in [0.717, 1.165) is 0 Å². The van der Waals surface area contributed by atoms with Crippen molar-refractivity contribution < 1.29 is 19.1 Å². The Morgan fingerprint density at radius 2 is 1.74 bits per heavy atom. The normalized spacial score (nSPS) is 14.5. The van der Waals surface area contributed by atoms with Gasteiger partial charge in [0.2, 0.25) is 5.91 Å². The Labute approximate surface area is 159 Å². The summed E-state index contributed by atoms with van der Waals surface area (Å²) in [4.78, 5) is 26.5. The number of rotatable bonds is 6. The van der Waals surface area contributed by atoms with Gasteiger partial charge >= 0.3 is 0 Å². The van der Waals surface area contributed by atoms with Gasteiger partial charge in [-0.1, -0.05) is 24.3 Å². The Hall–Kier alpha value is -3.02. The monoisotopic (exact) mass is 368 g/mol. The van der Waals surface area contributed by atoms with Gasteiger partial charge in [-0.3, -0.25) is 9.59 Å². The van der Waals surface area contributed by atoms with E-state index in [1.807, 2.05) is 48.5 Å². The molecule has 3 rings (SSSR count). The van der Waals surface area contributed by atoms with E-state index in [1.165, 1.54) is 0 Å². The predicted octanol–water partition coefficient (Wildman–Crippen LogP) is 2.95. The van der Waals surface area contributed by atoms with Crippen molar-refractivity contribution in [3.8, 4) is 11.5 Å². The standard InChI is InChI=1S/C21H24N2O4/c1-26-19-9-5-6-17(14-19)22-21(25)16-10-12-23(13-11-16)20(24)15-27-18-7-3-2-4-8-18/h2-9,14,16H,10-13,15H2,1H3,(H,22,25). The molecule has 0 bridgehead atoms. The minimum atomic E-state index is -0.102. The van der Waals surface area contributed by atoms with Crippen LogP contribution in [0.3, 0.4) is 0 Å². The van der Waals surface area contributed by atoms with Gasteiger partial charge in [0.1, 0.15) is 11.5 Å². The molecule has 6 heteroatoms. The number of likely N-dealkylation sites (tertiary alicyclic amines) is 1. The number of benzene rings is 2. The molecule has 2 aromatic rings. The molecule has 0 aliphatic carbocycles. The largest absolute Gasteiger partial charge is 0.497 e. The molecule has 0 unspecified atom stereocenters. The smallest absolute Gasteiger partial charge is 0.260 e. The van der Waals surface area contributed by atoms with E-state index in [4.69, 9.17) is 9.47 Å². The molecule has 1 fully saturated rings. The van der Waals surface area contributed by atoms with Gasteiger partial charge in [0.15, 0.2) is 6.61 Å². The average molecular weight is 368 g/mol. The molecule has 0 radical (unpaired) electrons. The highest BCUT2D eigenvalue weighted by atomic mass is 16.5. The first-order valence-corrected chi connectivity index (χ1v) is 9.06. The van der Waals surface area contributed by atoms with Crippen LogP contribution in [0.2, 0.25) is 0 Å². The number of ether oxygens (including phenoxy) is 2. The zero-order valence-corrected chi connectivity index (χ0v) is 15.4. The van der Waals surface area contributed by atoms with Crippen LogP contribution in [0.1, 0.15) is 12.8 Å². The van der Waals surface area contributed by atoms with Gasteiger partial charge < -0.3 is 19.7 Å². The molecule has 1 saturated heterocycles. The maximum Gasteiger partial charge on any atom is 0.260 e. The molecule has 0 atom stereocenters. The predicted molar refractivity (Wildman–Crippen MR) is 103 cm³/mol.